The van der Waals surface area contributed by atoms with Gasteiger partial charge in [-0.15, -0.1) is 22.7 Å². The van der Waals surface area contributed by atoms with E-state index >= 15 is 0 Å². The molecule has 138 valence electrons. The zero-order valence-corrected chi connectivity index (χ0v) is 17.2. The molecule has 0 aliphatic heterocycles. The van der Waals surface area contributed by atoms with Gasteiger partial charge in [0, 0.05) is 10.3 Å². The summed E-state index contributed by atoms with van der Waals surface area (Å²) in [5.74, 6) is -0.158. The van der Waals surface area contributed by atoms with Gasteiger partial charge in [0.05, 0.1) is 10.8 Å². The van der Waals surface area contributed by atoms with Crippen molar-refractivity contribution in [2.75, 3.05) is 5.32 Å². The van der Waals surface area contributed by atoms with Gasteiger partial charge in [0.2, 0.25) is 5.91 Å². The molecule has 4 rings (SSSR count). The van der Waals surface area contributed by atoms with Crippen molar-refractivity contribution in [1.29, 1.82) is 5.26 Å². The fourth-order valence-electron chi connectivity index (χ4n) is 2.60. The Balaban J connectivity index is 1.56. The number of benzene rings is 1. The van der Waals surface area contributed by atoms with Gasteiger partial charge in [-0.3, -0.25) is 4.79 Å². The third-order valence-corrected chi connectivity index (χ3v) is 7.07. The first-order valence-corrected chi connectivity index (χ1v) is 11.0. The molecule has 0 saturated heterocycles. The van der Waals surface area contributed by atoms with Gasteiger partial charge < -0.3 is 5.32 Å². The van der Waals surface area contributed by atoms with Crippen LogP contribution in [0.15, 0.2) is 59.2 Å². The Bertz CT molecular complexity index is 1180. The zero-order valence-electron chi connectivity index (χ0n) is 14.7. The van der Waals surface area contributed by atoms with Crippen molar-refractivity contribution in [3.05, 3.63) is 59.7 Å². The van der Waals surface area contributed by atoms with Crippen molar-refractivity contribution in [2.24, 2.45) is 0 Å². The highest BCUT2D eigenvalue weighted by molar-refractivity contribution is 8.00. The lowest BCUT2D eigenvalue weighted by Crippen LogP contribution is -2.22. The van der Waals surface area contributed by atoms with E-state index < -0.39 is 0 Å². The highest BCUT2D eigenvalue weighted by Gasteiger charge is 2.19. The Morgan fingerprint density at radius 2 is 2.07 bits per heavy atom. The van der Waals surface area contributed by atoms with E-state index in [1.165, 1.54) is 29.4 Å². The van der Waals surface area contributed by atoms with Gasteiger partial charge in [-0.05, 0) is 30.0 Å². The molecule has 0 aliphatic carbocycles. The fraction of sp³-hybridized carbons (Fsp3) is 0.100. The summed E-state index contributed by atoms with van der Waals surface area (Å²) in [7, 11) is 0. The number of carbonyl (C=O) groups excluding carboxylic acids is 1. The summed E-state index contributed by atoms with van der Waals surface area (Å²) in [6.07, 6.45) is 1.54. The third kappa shape index (κ3) is 3.78. The van der Waals surface area contributed by atoms with E-state index in [1.54, 1.807) is 22.8 Å². The molecule has 1 aromatic carbocycles. The average molecular weight is 423 g/mol. The van der Waals surface area contributed by atoms with Crippen LogP contribution < -0.4 is 5.32 Å². The quantitative estimate of drug-likeness (QED) is 0.344. The molecule has 0 aliphatic rings. The van der Waals surface area contributed by atoms with Crippen molar-refractivity contribution in [2.45, 2.75) is 17.2 Å². The van der Waals surface area contributed by atoms with Crippen molar-refractivity contribution < 1.29 is 4.79 Å². The smallest absolute Gasteiger partial charge is 0.238 e. The van der Waals surface area contributed by atoms with Gasteiger partial charge in [-0.2, -0.15) is 5.26 Å². The van der Waals surface area contributed by atoms with Crippen molar-refractivity contribution in [3.63, 3.8) is 0 Å². The van der Waals surface area contributed by atoms with Gasteiger partial charge in [0.25, 0.3) is 0 Å². The van der Waals surface area contributed by atoms with Crippen molar-refractivity contribution >= 4 is 55.6 Å². The maximum Gasteiger partial charge on any atom is 0.238 e. The van der Waals surface area contributed by atoms with E-state index in [0.717, 1.165) is 25.7 Å². The highest BCUT2D eigenvalue weighted by Crippen LogP contribution is 2.37. The van der Waals surface area contributed by atoms with Crippen LogP contribution in [0.5, 0.6) is 0 Å². The summed E-state index contributed by atoms with van der Waals surface area (Å²) in [4.78, 5) is 23.4. The molecule has 0 fully saturated rings. The molecule has 0 spiro atoms. The van der Waals surface area contributed by atoms with Crippen LogP contribution in [0, 0.1) is 11.3 Å². The predicted molar refractivity (Wildman–Crippen MR) is 116 cm³/mol. The molecule has 0 bridgehead atoms. The summed E-state index contributed by atoms with van der Waals surface area (Å²) >= 11 is 4.34. The van der Waals surface area contributed by atoms with Gasteiger partial charge in [-0.25, -0.2) is 9.97 Å². The van der Waals surface area contributed by atoms with E-state index in [-0.39, 0.29) is 11.2 Å². The lowest BCUT2D eigenvalue weighted by Gasteiger charge is -2.11. The number of hydrogen-bond donors (Lipinski definition) is 1. The minimum atomic E-state index is -0.369. The van der Waals surface area contributed by atoms with Gasteiger partial charge in [0.15, 0.2) is 0 Å². The van der Waals surface area contributed by atoms with Crippen LogP contribution in [-0.4, -0.2) is 21.1 Å². The minimum absolute atomic E-state index is 0.158. The molecule has 4 aromatic rings. The van der Waals surface area contributed by atoms with E-state index in [2.05, 4.69) is 39.6 Å². The number of aromatic nitrogens is 2. The second kappa shape index (κ2) is 8.10. The summed E-state index contributed by atoms with van der Waals surface area (Å²) < 4.78 is 0. The van der Waals surface area contributed by atoms with Crippen LogP contribution in [-0.2, 0) is 4.79 Å². The Morgan fingerprint density at radius 1 is 1.25 bits per heavy atom. The van der Waals surface area contributed by atoms with E-state index in [4.69, 9.17) is 5.26 Å². The van der Waals surface area contributed by atoms with Gasteiger partial charge in [-0.1, -0.05) is 42.1 Å². The first-order chi connectivity index (χ1) is 13.7. The predicted octanol–water partition coefficient (Wildman–Crippen LogP) is 5.41. The number of nitrogens with zero attached hydrogens (tertiary/aromatic N) is 3. The molecule has 1 atom stereocenters. The van der Waals surface area contributed by atoms with Gasteiger partial charge >= 0.3 is 0 Å². The molecular weight excluding hydrogens is 408 g/mol. The van der Waals surface area contributed by atoms with E-state index in [9.17, 15) is 4.79 Å². The molecule has 1 N–H and O–H groups in total. The first-order valence-electron chi connectivity index (χ1n) is 8.41. The molecule has 28 heavy (non-hydrogen) atoms. The number of rotatable bonds is 5. The van der Waals surface area contributed by atoms with E-state index in [0.29, 0.717) is 10.6 Å². The van der Waals surface area contributed by atoms with Crippen LogP contribution in [0.25, 0.3) is 20.7 Å². The number of anilines is 1. The summed E-state index contributed by atoms with van der Waals surface area (Å²) in [5, 5.41) is 15.7. The second-order valence-corrected chi connectivity index (χ2v) is 9.18. The molecule has 5 nitrogen and oxygen atoms in total. The van der Waals surface area contributed by atoms with Crippen LogP contribution >= 0.6 is 34.4 Å². The van der Waals surface area contributed by atoms with Crippen molar-refractivity contribution in [1.82, 2.24) is 9.97 Å². The summed E-state index contributed by atoms with van der Waals surface area (Å²) in [6, 6.07) is 16.0. The number of nitriles is 1. The zero-order chi connectivity index (χ0) is 19.5. The fourth-order valence-corrected chi connectivity index (χ4v) is 5.30. The van der Waals surface area contributed by atoms with E-state index in [1.807, 2.05) is 25.1 Å². The lowest BCUT2D eigenvalue weighted by molar-refractivity contribution is -0.115. The van der Waals surface area contributed by atoms with Crippen LogP contribution in [0.1, 0.15) is 12.5 Å². The van der Waals surface area contributed by atoms with Crippen molar-refractivity contribution in [3.8, 4) is 16.5 Å². The molecule has 0 saturated carbocycles. The average Bonchev–Trinajstić information content (AvgIpc) is 3.35. The monoisotopic (exact) mass is 422 g/mol. The Hall–Kier alpha value is -2.73. The number of thioether (sulfide) groups is 1. The molecule has 0 radical (unpaired) electrons. The largest absolute Gasteiger partial charge is 0.316 e. The number of nitrogens with one attached hydrogen (secondary N) is 1. The number of amides is 1. The molecule has 1 unspecified atom stereocenters. The summed E-state index contributed by atoms with van der Waals surface area (Å²) in [6.45, 7) is 1.83. The molecular formula is C20H14N4OS3. The number of thiophene rings is 2. The number of fused-ring (bicyclic) bond motifs is 1. The third-order valence-electron chi connectivity index (χ3n) is 4.03. The second-order valence-electron chi connectivity index (χ2n) is 5.90. The molecule has 1 amide bonds. The van der Waals surface area contributed by atoms with Crippen LogP contribution in [0.3, 0.4) is 0 Å². The van der Waals surface area contributed by atoms with Crippen LogP contribution in [0.2, 0.25) is 0 Å². The minimum Gasteiger partial charge on any atom is -0.316 e. The van der Waals surface area contributed by atoms with Crippen LogP contribution in [0.4, 0.5) is 5.00 Å². The SMILES string of the molecule is CC(Sc1ncnc2sc(-c3ccccc3)cc12)C(=O)Nc1sccc1C#N. The Kier molecular flexibility index (Phi) is 5.39. The topological polar surface area (TPSA) is 78.7 Å². The Morgan fingerprint density at radius 3 is 2.86 bits per heavy atom. The summed E-state index contributed by atoms with van der Waals surface area (Å²) in [5.41, 5.74) is 1.61. The molecule has 3 heterocycles. The molecule has 3 aromatic heterocycles. The maximum atomic E-state index is 12.6. The normalized spacial score (nSPS) is 11.9. The molecule has 8 heteroatoms. The standard InChI is InChI=1S/C20H14N4OS3/c1-12(17(25)24-18-14(10-21)7-8-26-18)27-19-15-9-16(13-5-3-2-4-6-13)28-20(15)23-11-22-19/h2-9,11-12H,1H3,(H,24,25). The first kappa shape index (κ1) is 18.6. The highest BCUT2D eigenvalue weighted by atomic mass is 32.2. The van der Waals surface area contributed by atoms with Gasteiger partial charge in [0.1, 0.15) is 27.3 Å². The number of carbonyl (C=O) groups is 1. The maximum absolute atomic E-state index is 12.6. The Labute approximate surface area is 174 Å². The lowest BCUT2D eigenvalue weighted by atomic mass is 10.2. The number of hydrogen-bond acceptors (Lipinski definition) is 7.